The molecule has 0 saturated carbocycles. The molecule has 0 saturated heterocycles. The highest BCUT2D eigenvalue weighted by atomic mass is 35.5. The van der Waals surface area contributed by atoms with Crippen LogP contribution in [0.3, 0.4) is 0 Å². The molecular weight excluding hydrogens is 573 g/mol. The van der Waals surface area contributed by atoms with Crippen molar-refractivity contribution in [2.45, 2.75) is 6.61 Å². The highest BCUT2D eigenvalue weighted by Gasteiger charge is 2.19. The minimum Gasteiger partial charge on any atom is -0.457 e. The lowest BCUT2D eigenvalue weighted by atomic mass is 10.0. The van der Waals surface area contributed by atoms with Gasteiger partial charge in [0.1, 0.15) is 24.3 Å². The summed E-state index contributed by atoms with van der Waals surface area (Å²) in [5.41, 5.74) is 3.53. The first kappa shape index (κ1) is 27.3. The number of hydrogen-bond donors (Lipinski definition) is 2. The van der Waals surface area contributed by atoms with Crippen LogP contribution in [0.25, 0.3) is 22.0 Å². The smallest absolute Gasteiger partial charge is 0.342 e. The maximum atomic E-state index is 13.1. The first-order valence-corrected chi connectivity index (χ1v) is 14.5. The molecule has 0 aliphatic rings. The van der Waals surface area contributed by atoms with E-state index in [0.29, 0.717) is 33.5 Å². The van der Waals surface area contributed by atoms with Gasteiger partial charge in [0.2, 0.25) is 10.0 Å². The summed E-state index contributed by atoms with van der Waals surface area (Å²) in [4.78, 5) is 25.9. The summed E-state index contributed by atoms with van der Waals surface area (Å²) in [5, 5.41) is 4.08. The molecule has 5 aromatic rings. The van der Waals surface area contributed by atoms with Gasteiger partial charge in [-0.25, -0.2) is 28.2 Å². The van der Waals surface area contributed by atoms with E-state index in [9.17, 15) is 13.2 Å². The number of aromatic nitrogens is 3. The van der Waals surface area contributed by atoms with Crippen molar-refractivity contribution in [3.05, 3.63) is 107 Å². The number of ether oxygens (including phenoxy) is 1. The fourth-order valence-electron chi connectivity index (χ4n) is 3.97. The summed E-state index contributed by atoms with van der Waals surface area (Å²) in [5.74, 6) is -0.170. The molecule has 9 nitrogen and oxygen atoms in total. The highest BCUT2D eigenvalue weighted by molar-refractivity contribution is 7.92. The minimum absolute atomic E-state index is 0.0216. The van der Waals surface area contributed by atoms with Crippen LogP contribution < -0.4 is 10.0 Å². The van der Waals surface area contributed by atoms with E-state index in [4.69, 9.17) is 27.9 Å². The van der Waals surface area contributed by atoms with Crippen LogP contribution >= 0.6 is 23.2 Å². The Hall–Kier alpha value is -4.25. The number of nitrogens with one attached hydrogen (secondary N) is 2. The van der Waals surface area contributed by atoms with E-state index in [1.807, 2.05) is 42.5 Å². The second-order valence-electron chi connectivity index (χ2n) is 8.74. The van der Waals surface area contributed by atoms with Gasteiger partial charge < -0.3 is 10.1 Å². The Morgan fingerprint density at radius 1 is 0.900 bits per heavy atom. The summed E-state index contributed by atoms with van der Waals surface area (Å²) in [6, 6.07) is 21.4. The lowest BCUT2D eigenvalue weighted by Gasteiger charge is -2.14. The lowest BCUT2D eigenvalue weighted by molar-refractivity contribution is 0.0474. The zero-order chi connectivity index (χ0) is 28.3. The van der Waals surface area contributed by atoms with Crippen molar-refractivity contribution < 1.29 is 17.9 Å². The number of sulfonamides is 1. The third-order valence-corrected chi connectivity index (χ3v) is 6.99. The third-order valence-electron chi connectivity index (χ3n) is 5.79. The maximum Gasteiger partial charge on any atom is 0.342 e. The van der Waals surface area contributed by atoms with Crippen molar-refractivity contribution >= 4 is 67.3 Å². The van der Waals surface area contributed by atoms with E-state index < -0.39 is 16.0 Å². The number of carbonyl (C=O) groups excluding carboxylic acids is 1. The molecule has 0 fully saturated rings. The number of esters is 1. The highest BCUT2D eigenvalue weighted by Crippen LogP contribution is 2.33. The number of fused-ring (bicyclic) bond motifs is 1. The number of halogens is 2. The van der Waals surface area contributed by atoms with Gasteiger partial charge in [0.05, 0.1) is 28.2 Å². The largest absolute Gasteiger partial charge is 0.457 e. The second-order valence-corrected chi connectivity index (χ2v) is 11.3. The van der Waals surface area contributed by atoms with Gasteiger partial charge >= 0.3 is 5.97 Å². The average Bonchev–Trinajstić information content (AvgIpc) is 2.93. The molecule has 0 aliphatic carbocycles. The normalized spacial score (nSPS) is 11.3. The van der Waals surface area contributed by atoms with E-state index in [1.54, 1.807) is 30.3 Å². The van der Waals surface area contributed by atoms with Crippen LogP contribution in [0, 0.1) is 0 Å². The average molecular weight is 594 g/mol. The molecule has 3 aromatic carbocycles. The van der Waals surface area contributed by atoms with Crippen LogP contribution in [0.2, 0.25) is 10.2 Å². The third kappa shape index (κ3) is 6.31. The molecule has 5 rings (SSSR count). The molecule has 0 bridgehead atoms. The Bertz CT molecular complexity index is 1840. The molecule has 12 heteroatoms. The van der Waals surface area contributed by atoms with E-state index in [1.165, 1.54) is 12.5 Å². The van der Waals surface area contributed by atoms with Crippen LogP contribution in [0.15, 0.2) is 85.3 Å². The number of anilines is 3. The van der Waals surface area contributed by atoms with Gasteiger partial charge in [0.25, 0.3) is 0 Å². The van der Waals surface area contributed by atoms with Crippen LogP contribution in [0.4, 0.5) is 17.2 Å². The summed E-state index contributed by atoms with van der Waals surface area (Å²) in [6.45, 7) is 0.0927. The number of nitrogens with zero attached hydrogens (tertiary/aromatic N) is 3. The fourth-order valence-corrected chi connectivity index (χ4v) is 4.99. The molecule has 202 valence electrons. The summed E-state index contributed by atoms with van der Waals surface area (Å²) in [6.07, 6.45) is 3.97. The van der Waals surface area contributed by atoms with Crippen molar-refractivity contribution in [2.24, 2.45) is 0 Å². The van der Waals surface area contributed by atoms with Gasteiger partial charge in [0.15, 0.2) is 5.15 Å². The van der Waals surface area contributed by atoms with E-state index >= 15 is 0 Å². The van der Waals surface area contributed by atoms with Crippen molar-refractivity contribution in [1.29, 1.82) is 0 Å². The topological polar surface area (TPSA) is 123 Å². The van der Waals surface area contributed by atoms with Crippen molar-refractivity contribution in [3.63, 3.8) is 0 Å². The number of hydrogen-bond acceptors (Lipinski definition) is 8. The molecule has 0 unspecified atom stereocenters. The molecule has 0 spiro atoms. The zero-order valence-electron chi connectivity index (χ0n) is 20.9. The van der Waals surface area contributed by atoms with E-state index in [0.717, 1.165) is 11.8 Å². The van der Waals surface area contributed by atoms with Gasteiger partial charge in [-0.15, -0.1) is 0 Å². The number of rotatable bonds is 8. The molecule has 0 radical (unpaired) electrons. The van der Waals surface area contributed by atoms with Crippen LogP contribution in [-0.2, 0) is 21.4 Å². The SMILES string of the molecule is CS(=O)(=O)Nc1cc(-c2ccc3ncnc(Nc4cccc(Cl)c4C(=O)OCc4ccccc4)c3c2)cnc1Cl. The van der Waals surface area contributed by atoms with Gasteiger partial charge in [0, 0.05) is 17.1 Å². The quantitative estimate of drug-likeness (QED) is 0.155. The first-order chi connectivity index (χ1) is 19.2. The predicted octanol–water partition coefficient (Wildman–Crippen LogP) is 6.47. The summed E-state index contributed by atoms with van der Waals surface area (Å²) in [7, 11) is -3.56. The zero-order valence-corrected chi connectivity index (χ0v) is 23.3. The second kappa shape index (κ2) is 11.5. The Kier molecular flexibility index (Phi) is 7.83. The monoisotopic (exact) mass is 593 g/mol. The summed E-state index contributed by atoms with van der Waals surface area (Å²) >= 11 is 12.5. The number of benzene rings is 3. The molecule has 40 heavy (non-hydrogen) atoms. The molecule has 0 aliphatic heterocycles. The van der Waals surface area contributed by atoms with Crippen molar-refractivity contribution in [3.8, 4) is 11.1 Å². The Labute approximate surface area is 240 Å². The van der Waals surface area contributed by atoms with Gasteiger partial charge in [-0.3, -0.25) is 4.72 Å². The van der Waals surface area contributed by atoms with Gasteiger partial charge in [-0.2, -0.15) is 0 Å². The van der Waals surface area contributed by atoms with Gasteiger partial charge in [-0.05, 0) is 41.5 Å². The fraction of sp³-hybridized carbons (Fsp3) is 0.0714. The Morgan fingerprint density at radius 3 is 2.48 bits per heavy atom. The predicted molar refractivity (Wildman–Crippen MR) is 157 cm³/mol. The van der Waals surface area contributed by atoms with Crippen LogP contribution in [-0.4, -0.2) is 35.6 Å². The van der Waals surface area contributed by atoms with Crippen LogP contribution in [0.5, 0.6) is 0 Å². The molecule has 0 amide bonds. The van der Waals surface area contributed by atoms with Crippen molar-refractivity contribution in [2.75, 3.05) is 16.3 Å². The standard InChI is InChI=1S/C28H21Cl2N5O4S/c1-40(37,38)35-24-13-19(14-31-26(24)30)18-10-11-22-20(12-18)27(33-16-32-22)34-23-9-5-8-21(29)25(23)28(36)39-15-17-6-3-2-4-7-17/h2-14,16,35H,15H2,1H3,(H,32,33,34). The Balaban J connectivity index is 1.49. The molecule has 2 aromatic heterocycles. The summed E-state index contributed by atoms with van der Waals surface area (Å²) < 4.78 is 31.4. The van der Waals surface area contributed by atoms with Crippen molar-refractivity contribution in [1.82, 2.24) is 15.0 Å². The van der Waals surface area contributed by atoms with E-state index in [-0.39, 0.29) is 28.0 Å². The van der Waals surface area contributed by atoms with Gasteiger partial charge in [-0.1, -0.05) is 65.7 Å². The first-order valence-electron chi connectivity index (χ1n) is 11.8. The van der Waals surface area contributed by atoms with E-state index in [2.05, 4.69) is 25.0 Å². The van der Waals surface area contributed by atoms with Crippen LogP contribution in [0.1, 0.15) is 15.9 Å². The minimum atomic E-state index is -3.56. The molecular formula is C28H21Cl2N5O4S. The Morgan fingerprint density at radius 2 is 1.70 bits per heavy atom. The maximum absolute atomic E-state index is 13.1. The molecule has 0 atom stereocenters. The number of carbonyl (C=O) groups is 1. The number of pyridine rings is 1. The molecule has 2 N–H and O–H groups in total. The lowest BCUT2D eigenvalue weighted by Crippen LogP contribution is -2.10. The molecule has 2 heterocycles.